The minimum absolute atomic E-state index is 0.0225. The number of benzene rings is 1. The van der Waals surface area contributed by atoms with Crippen LogP contribution in [0.1, 0.15) is 58.6 Å². The average molecular weight is 611 g/mol. The monoisotopic (exact) mass is 610 g/mol. The second-order valence-electron chi connectivity index (χ2n) is 9.71. The summed E-state index contributed by atoms with van der Waals surface area (Å²) >= 11 is 12.1. The van der Waals surface area contributed by atoms with E-state index in [1.807, 2.05) is 4.57 Å². The number of esters is 3. The van der Waals surface area contributed by atoms with Crippen molar-refractivity contribution >= 4 is 47.6 Å². The lowest BCUT2D eigenvalue weighted by Crippen LogP contribution is -2.64. The highest BCUT2D eigenvalue weighted by molar-refractivity contribution is 7.71. The highest BCUT2D eigenvalue weighted by Gasteiger charge is 2.52. The lowest BCUT2D eigenvalue weighted by molar-refractivity contribution is -0.239. The van der Waals surface area contributed by atoms with E-state index >= 15 is 0 Å². The van der Waals surface area contributed by atoms with E-state index in [1.165, 1.54) is 32.4 Å². The van der Waals surface area contributed by atoms with Crippen molar-refractivity contribution in [3.63, 3.8) is 0 Å². The van der Waals surface area contributed by atoms with E-state index in [4.69, 9.17) is 52.6 Å². The van der Waals surface area contributed by atoms with Gasteiger partial charge >= 0.3 is 17.9 Å². The molecule has 1 saturated carbocycles. The molecule has 1 amide bonds. The Kier molecular flexibility index (Phi) is 9.66. The predicted octanol–water partition coefficient (Wildman–Crippen LogP) is 2.81. The van der Waals surface area contributed by atoms with Crippen LogP contribution in [-0.4, -0.2) is 69.1 Å². The fourth-order valence-corrected chi connectivity index (χ4v) is 5.21. The minimum Gasteiger partial charge on any atom is -0.484 e. The van der Waals surface area contributed by atoms with Gasteiger partial charge in [0.2, 0.25) is 10.7 Å². The molecule has 1 aliphatic heterocycles. The van der Waals surface area contributed by atoms with Gasteiger partial charge in [-0.2, -0.15) is 5.10 Å². The van der Waals surface area contributed by atoms with Gasteiger partial charge in [0.05, 0.1) is 5.02 Å². The number of ether oxygens (including phenoxy) is 5. The smallest absolute Gasteiger partial charge is 0.303 e. The first-order valence-corrected chi connectivity index (χ1v) is 13.7. The summed E-state index contributed by atoms with van der Waals surface area (Å²) in [7, 11) is 0. The third kappa shape index (κ3) is 7.43. The molecule has 1 aromatic carbocycles. The van der Waals surface area contributed by atoms with Crippen LogP contribution in [-0.2, 0) is 44.7 Å². The molecule has 0 radical (unpaired) electrons. The number of nitrogens with zero attached hydrogens (tertiary/aromatic N) is 3. The number of hydrogen-bond donors (Lipinski definition) is 1. The van der Waals surface area contributed by atoms with Crippen molar-refractivity contribution in [2.24, 2.45) is 0 Å². The Bertz CT molecular complexity index is 1370. The molecular formula is C26H31ClN4O9S. The van der Waals surface area contributed by atoms with Gasteiger partial charge in [-0.05, 0) is 37.2 Å². The number of nitrogens with one attached hydrogen (secondary N) is 1. The fourth-order valence-electron chi connectivity index (χ4n) is 4.62. The van der Waals surface area contributed by atoms with E-state index < -0.39 is 54.4 Å². The second kappa shape index (κ2) is 13.0. The van der Waals surface area contributed by atoms with Gasteiger partial charge in [0, 0.05) is 33.7 Å². The van der Waals surface area contributed by atoms with Gasteiger partial charge in [-0.1, -0.05) is 23.7 Å². The summed E-state index contributed by atoms with van der Waals surface area (Å²) in [5.74, 6) is -1.54. The number of para-hydroxylation sites is 1. The van der Waals surface area contributed by atoms with Gasteiger partial charge in [-0.25, -0.2) is 4.68 Å². The lowest BCUT2D eigenvalue weighted by atomic mass is 9.95. The van der Waals surface area contributed by atoms with Crippen LogP contribution in [0, 0.1) is 4.77 Å². The topological polar surface area (TPSA) is 149 Å². The van der Waals surface area contributed by atoms with Crippen LogP contribution in [0.3, 0.4) is 0 Å². The molecule has 15 heteroatoms. The molecular weight excluding hydrogens is 580 g/mol. The minimum atomic E-state index is -1.24. The molecule has 1 N–H and O–H groups in total. The van der Waals surface area contributed by atoms with Gasteiger partial charge in [-0.3, -0.25) is 23.7 Å². The van der Waals surface area contributed by atoms with Crippen molar-refractivity contribution < 1.29 is 42.9 Å². The van der Waals surface area contributed by atoms with Gasteiger partial charge < -0.3 is 29.0 Å². The Balaban J connectivity index is 1.77. The van der Waals surface area contributed by atoms with Crippen molar-refractivity contribution in [1.82, 2.24) is 19.7 Å². The molecule has 0 spiro atoms. The maximum atomic E-state index is 12.3. The number of hydrogen-bond acceptors (Lipinski definition) is 11. The number of halogens is 1. The molecule has 1 aromatic heterocycles. The quantitative estimate of drug-likeness (QED) is 0.240. The van der Waals surface area contributed by atoms with Gasteiger partial charge in [0.1, 0.15) is 31.1 Å². The normalized spacial score (nSPS) is 23.8. The molecule has 13 nitrogen and oxygen atoms in total. The summed E-state index contributed by atoms with van der Waals surface area (Å²) in [6.45, 7) is 4.52. The van der Waals surface area contributed by atoms with Crippen LogP contribution in [0.25, 0.3) is 0 Å². The molecule has 5 atom stereocenters. The van der Waals surface area contributed by atoms with E-state index in [1.54, 1.807) is 24.3 Å². The van der Waals surface area contributed by atoms with Crippen molar-refractivity contribution in [3.05, 3.63) is 39.9 Å². The third-order valence-electron chi connectivity index (χ3n) is 6.34. The first kappa shape index (κ1) is 30.5. The first-order chi connectivity index (χ1) is 19.5. The molecule has 222 valence electrons. The zero-order valence-corrected chi connectivity index (χ0v) is 24.5. The molecule has 41 heavy (non-hydrogen) atoms. The van der Waals surface area contributed by atoms with Crippen LogP contribution in [0.5, 0.6) is 5.75 Å². The molecule has 1 aliphatic carbocycles. The van der Waals surface area contributed by atoms with Crippen molar-refractivity contribution in [1.29, 1.82) is 0 Å². The zero-order valence-electron chi connectivity index (χ0n) is 22.9. The molecule has 2 aliphatic rings. The molecule has 2 heterocycles. The van der Waals surface area contributed by atoms with Crippen molar-refractivity contribution in [2.45, 2.75) is 83.8 Å². The summed E-state index contributed by atoms with van der Waals surface area (Å²) in [5, 5.41) is 7.87. The Morgan fingerprint density at radius 2 is 1.71 bits per heavy atom. The predicted molar refractivity (Wildman–Crippen MR) is 144 cm³/mol. The van der Waals surface area contributed by atoms with Gasteiger partial charge in [0.15, 0.2) is 24.3 Å². The number of carbonyl (C=O) groups excluding carboxylic acids is 4. The summed E-state index contributed by atoms with van der Waals surface area (Å²) in [4.78, 5) is 48.2. The Morgan fingerprint density at radius 1 is 1.05 bits per heavy atom. The van der Waals surface area contributed by atoms with E-state index in [0.717, 1.165) is 12.8 Å². The van der Waals surface area contributed by atoms with Crippen molar-refractivity contribution in [3.8, 4) is 5.75 Å². The summed E-state index contributed by atoms with van der Waals surface area (Å²) in [6, 6.07) is 5.99. The van der Waals surface area contributed by atoms with Crippen LogP contribution in [0.15, 0.2) is 24.3 Å². The molecule has 2 fully saturated rings. The Labute approximate surface area is 246 Å². The molecule has 4 rings (SSSR count). The van der Waals surface area contributed by atoms with Gasteiger partial charge in [-0.15, -0.1) is 0 Å². The number of aromatic nitrogens is 3. The largest absolute Gasteiger partial charge is 0.484 e. The molecule has 0 unspecified atom stereocenters. The molecule has 1 saturated heterocycles. The summed E-state index contributed by atoms with van der Waals surface area (Å²) < 4.78 is 32.0. The number of rotatable bonds is 10. The highest BCUT2D eigenvalue weighted by atomic mass is 35.5. The van der Waals surface area contributed by atoms with Crippen LogP contribution in [0.2, 0.25) is 5.02 Å². The Hall–Kier alpha value is -3.49. The maximum absolute atomic E-state index is 12.3. The van der Waals surface area contributed by atoms with Crippen molar-refractivity contribution in [2.75, 3.05) is 6.61 Å². The van der Waals surface area contributed by atoms with Crippen LogP contribution >= 0.6 is 23.8 Å². The fraction of sp³-hybridized carbons (Fsp3) is 0.538. The summed E-state index contributed by atoms with van der Waals surface area (Å²) in [6.07, 6.45) is -2.97. The standard InChI is InChI=1S/C26H31ClN4O9S/c1-13(32)28-22-24(39-16(4)35)23(38-15(3)34)20(11-36-14(2)33)40-25(22)31-26(41)30(17-9-10-17)21(29-31)12-37-19-8-6-5-7-18(19)27/h5-8,17,20,22-25H,9-12H2,1-4H3,(H,28,32)/t20-,22-,23-,24-,25-/m1/s1. The maximum Gasteiger partial charge on any atom is 0.303 e. The Morgan fingerprint density at radius 3 is 2.29 bits per heavy atom. The zero-order chi connectivity index (χ0) is 29.8. The van der Waals surface area contributed by atoms with E-state index in [2.05, 4.69) is 5.32 Å². The number of amides is 1. The van der Waals surface area contributed by atoms with E-state index in [-0.39, 0.29) is 24.0 Å². The van der Waals surface area contributed by atoms with Crippen LogP contribution in [0.4, 0.5) is 0 Å². The molecule has 0 bridgehead atoms. The molecule has 2 aromatic rings. The number of carbonyl (C=O) groups is 4. The first-order valence-electron chi connectivity index (χ1n) is 12.9. The van der Waals surface area contributed by atoms with E-state index in [9.17, 15) is 19.2 Å². The second-order valence-corrected chi connectivity index (χ2v) is 10.5. The van der Waals surface area contributed by atoms with Gasteiger partial charge in [0.25, 0.3) is 0 Å². The van der Waals surface area contributed by atoms with Crippen LogP contribution < -0.4 is 10.1 Å². The summed E-state index contributed by atoms with van der Waals surface area (Å²) in [5.41, 5.74) is 0. The third-order valence-corrected chi connectivity index (χ3v) is 7.04. The van der Waals surface area contributed by atoms with E-state index in [0.29, 0.717) is 16.6 Å². The highest BCUT2D eigenvalue weighted by Crippen LogP contribution is 2.39. The SMILES string of the molecule is CC(=O)N[C@@H]1[C@@H](OC(C)=O)[C@H](OC(C)=O)[C@@H](COC(C)=O)O[C@H]1n1nc(COc2ccccc2Cl)n(C2CC2)c1=S. The lowest BCUT2D eigenvalue weighted by Gasteiger charge is -2.45. The average Bonchev–Trinajstić information content (AvgIpc) is 3.67.